The van der Waals surface area contributed by atoms with E-state index in [1.807, 2.05) is 29.2 Å². The van der Waals surface area contributed by atoms with Gasteiger partial charge in [0.2, 0.25) is 5.91 Å². The lowest BCUT2D eigenvalue weighted by Gasteiger charge is -2.25. The Labute approximate surface area is 141 Å². The SMILES string of the molecule is CC(=O)N=C1S[C@@H]2CS(=O)(=O)C[C@@H]2N1c1ccccc1I. The van der Waals surface area contributed by atoms with Gasteiger partial charge in [-0.1, -0.05) is 23.9 Å². The molecule has 0 bridgehead atoms. The minimum Gasteiger partial charge on any atom is -0.315 e. The van der Waals surface area contributed by atoms with E-state index in [2.05, 4.69) is 27.6 Å². The molecule has 2 atom stereocenters. The van der Waals surface area contributed by atoms with Gasteiger partial charge in [0, 0.05) is 15.7 Å². The first-order valence-corrected chi connectivity index (χ1v) is 10.2. The molecule has 3 rings (SSSR count). The highest BCUT2D eigenvalue weighted by Crippen LogP contribution is 2.42. The van der Waals surface area contributed by atoms with Crippen molar-refractivity contribution in [2.24, 2.45) is 4.99 Å². The number of hydrogen-bond donors (Lipinski definition) is 0. The Kier molecular flexibility index (Phi) is 4.04. The zero-order valence-corrected chi connectivity index (χ0v) is 15.0. The van der Waals surface area contributed by atoms with E-state index in [1.165, 1.54) is 18.7 Å². The number of sulfone groups is 1. The number of anilines is 1. The van der Waals surface area contributed by atoms with Crippen LogP contribution in [0, 0.1) is 3.57 Å². The van der Waals surface area contributed by atoms with Crippen LogP contribution in [0.1, 0.15) is 6.92 Å². The summed E-state index contributed by atoms with van der Waals surface area (Å²) in [6.07, 6.45) is 0. The average Bonchev–Trinajstić information content (AvgIpc) is 2.81. The Hall–Kier alpha value is -0.610. The van der Waals surface area contributed by atoms with E-state index >= 15 is 0 Å². The van der Waals surface area contributed by atoms with Crippen molar-refractivity contribution in [2.75, 3.05) is 16.4 Å². The van der Waals surface area contributed by atoms with Crippen molar-refractivity contribution in [1.82, 2.24) is 0 Å². The topological polar surface area (TPSA) is 66.8 Å². The molecule has 0 N–H and O–H groups in total. The van der Waals surface area contributed by atoms with Gasteiger partial charge in [0.05, 0.1) is 23.2 Å². The Morgan fingerprint density at radius 2 is 2.10 bits per heavy atom. The molecular formula is C13H13IN2O3S2. The number of rotatable bonds is 1. The number of amides is 1. The Balaban J connectivity index is 2.07. The molecule has 2 aliphatic rings. The van der Waals surface area contributed by atoms with E-state index in [-0.39, 0.29) is 28.7 Å². The molecule has 0 aromatic heterocycles. The molecule has 0 aliphatic carbocycles. The van der Waals surface area contributed by atoms with Crippen LogP contribution in [0.4, 0.5) is 5.69 Å². The fourth-order valence-electron chi connectivity index (χ4n) is 2.63. The van der Waals surface area contributed by atoms with Gasteiger partial charge in [-0.25, -0.2) is 8.42 Å². The average molecular weight is 436 g/mol. The van der Waals surface area contributed by atoms with Crippen molar-refractivity contribution < 1.29 is 13.2 Å². The molecule has 2 fully saturated rings. The summed E-state index contributed by atoms with van der Waals surface area (Å²) in [6, 6.07) is 7.59. The Morgan fingerprint density at radius 3 is 2.76 bits per heavy atom. The number of benzene rings is 1. The maximum Gasteiger partial charge on any atom is 0.244 e. The lowest BCUT2D eigenvalue weighted by atomic mass is 10.2. The van der Waals surface area contributed by atoms with Crippen LogP contribution in [0.5, 0.6) is 0 Å². The van der Waals surface area contributed by atoms with Crippen molar-refractivity contribution in [3.63, 3.8) is 0 Å². The van der Waals surface area contributed by atoms with Crippen LogP contribution in [0.25, 0.3) is 0 Å². The molecular weight excluding hydrogens is 423 g/mol. The van der Waals surface area contributed by atoms with Crippen molar-refractivity contribution >= 4 is 61.0 Å². The van der Waals surface area contributed by atoms with E-state index in [9.17, 15) is 13.2 Å². The second-order valence-corrected chi connectivity index (χ2v) is 9.56. The lowest BCUT2D eigenvalue weighted by Crippen LogP contribution is -2.38. The first-order chi connectivity index (χ1) is 9.87. The van der Waals surface area contributed by atoms with E-state index in [1.54, 1.807) is 0 Å². The molecule has 0 radical (unpaired) electrons. The molecule has 0 unspecified atom stereocenters. The summed E-state index contributed by atoms with van der Waals surface area (Å²) in [6.45, 7) is 1.41. The van der Waals surface area contributed by atoms with Crippen LogP contribution in [-0.4, -0.2) is 42.3 Å². The third-order valence-electron chi connectivity index (χ3n) is 3.43. The smallest absolute Gasteiger partial charge is 0.244 e. The highest BCUT2D eigenvalue weighted by atomic mass is 127. The van der Waals surface area contributed by atoms with Crippen molar-refractivity contribution in [1.29, 1.82) is 0 Å². The van der Waals surface area contributed by atoms with Crippen molar-refractivity contribution in [3.8, 4) is 0 Å². The number of fused-ring (bicyclic) bond motifs is 1. The summed E-state index contributed by atoms with van der Waals surface area (Å²) in [5.74, 6) is 0.00224. The maximum absolute atomic E-state index is 11.9. The van der Waals surface area contributed by atoms with Gasteiger partial charge in [-0.2, -0.15) is 4.99 Å². The second kappa shape index (κ2) is 5.54. The van der Waals surface area contributed by atoms with Gasteiger partial charge in [0.15, 0.2) is 15.0 Å². The van der Waals surface area contributed by atoms with Crippen LogP contribution in [0.3, 0.4) is 0 Å². The highest BCUT2D eigenvalue weighted by Gasteiger charge is 2.49. The van der Waals surface area contributed by atoms with E-state index < -0.39 is 9.84 Å². The fraction of sp³-hybridized carbons (Fsp3) is 0.385. The monoisotopic (exact) mass is 436 g/mol. The Bertz CT molecular complexity index is 733. The van der Waals surface area contributed by atoms with Crippen molar-refractivity contribution in [2.45, 2.75) is 18.2 Å². The number of amidine groups is 1. The Morgan fingerprint density at radius 1 is 1.38 bits per heavy atom. The number of carbonyl (C=O) groups is 1. The predicted molar refractivity (Wildman–Crippen MR) is 93.6 cm³/mol. The molecule has 2 aliphatic heterocycles. The van der Waals surface area contributed by atoms with Crippen LogP contribution in [0.15, 0.2) is 29.3 Å². The fourth-order valence-corrected chi connectivity index (χ4v) is 7.23. The van der Waals surface area contributed by atoms with Gasteiger partial charge >= 0.3 is 0 Å². The van der Waals surface area contributed by atoms with E-state index in [4.69, 9.17) is 0 Å². The van der Waals surface area contributed by atoms with Crippen LogP contribution < -0.4 is 4.90 Å². The zero-order valence-electron chi connectivity index (χ0n) is 11.2. The van der Waals surface area contributed by atoms with Gasteiger partial charge in [-0.3, -0.25) is 4.79 Å². The molecule has 1 amide bonds. The lowest BCUT2D eigenvalue weighted by molar-refractivity contribution is -0.115. The highest BCUT2D eigenvalue weighted by molar-refractivity contribution is 14.1. The molecule has 21 heavy (non-hydrogen) atoms. The minimum atomic E-state index is -3.02. The normalized spacial score (nSPS) is 28.9. The van der Waals surface area contributed by atoms with Crippen LogP contribution in [-0.2, 0) is 14.6 Å². The minimum absolute atomic E-state index is 0.0518. The molecule has 112 valence electrons. The summed E-state index contributed by atoms with van der Waals surface area (Å²) >= 11 is 3.61. The molecule has 0 spiro atoms. The number of halogens is 1. The van der Waals surface area contributed by atoms with Gasteiger partial charge in [-0.15, -0.1) is 0 Å². The maximum atomic E-state index is 11.9. The first-order valence-electron chi connectivity index (χ1n) is 6.37. The number of thioether (sulfide) groups is 1. The van der Waals surface area contributed by atoms with Crippen molar-refractivity contribution in [3.05, 3.63) is 27.8 Å². The molecule has 1 aromatic carbocycles. The number of hydrogen-bond acceptors (Lipinski definition) is 4. The number of carbonyl (C=O) groups excluding carboxylic acids is 1. The summed E-state index contributed by atoms with van der Waals surface area (Å²) in [7, 11) is -3.02. The van der Waals surface area contributed by atoms with Gasteiger partial charge in [0.1, 0.15) is 0 Å². The first kappa shape index (κ1) is 15.3. The molecule has 2 heterocycles. The predicted octanol–water partition coefficient (Wildman–Crippen LogP) is 1.91. The molecule has 0 saturated carbocycles. The molecule has 8 heteroatoms. The van der Waals surface area contributed by atoms with Crippen LogP contribution in [0.2, 0.25) is 0 Å². The van der Waals surface area contributed by atoms with E-state index in [0.29, 0.717) is 5.17 Å². The molecule has 2 saturated heterocycles. The summed E-state index contributed by atoms with van der Waals surface area (Å²) in [4.78, 5) is 17.4. The quantitative estimate of drug-likeness (QED) is 0.630. The number of para-hydroxylation sites is 1. The van der Waals surface area contributed by atoms with Crippen LogP contribution >= 0.6 is 34.4 Å². The second-order valence-electron chi connectivity index (χ2n) is 5.04. The third kappa shape index (κ3) is 2.98. The van der Waals surface area contributed by atoms with E-state index in [0.717, 1.165) is 9.26 Å². The third-order valence-corrected chi connectivity index (χ3v) is 7.55. The van der Waals surface area contributed by atoms with Gasteiger partial charge in [-0.05, 0) is 34.7 Å². The standard InChI is InChI=1S/C13H13IN2O3S2/c1-8(17)15-13-16(10-5-3-2-4-9(10)14)11-6-21(18,19)7-12(11)20-13/h2-5,11-12H,6-7H2,1H3/t11-,12+/m0/s1. The van der Waals surface area contributed by atoms with Gasteiger partial charge < -0.3 is 4.90 Å². The number of aliphatic imine (C=N–C) groups is 1. The number of nitrogens with zero attached hydrogens (tertiary/aromatic N) is 2. The summed E-state index contributed by atoms with van der Waals surface area (Å²) in [5, 5.41) is 0.556. The zero-order chi connectivity index (χ0) is 15.2. The molecule has 1 aromatic rings. The summed E-state index contributed by atoms with van der Waals surface area (Å²) < 4.78 is 24.8. The summed E-state index contributed by atoms with van der Waals surface area (Å²) in [5.41, 5.74) is 0.912. The molecule has 5 nitrogen and oxygen atoms in total. The van der Waals surface area contributed by atoms with Gasteiger partial charge in [0.25, 0.3) is 0 Å². The largest absolute Gasteiger partial charge is 0.315 e.